The Balaban J connectivity index is 2.31. The standard InChI is InChI=1S/C15H27N3O2/c1-11(8-16)9-17-13-7-5-6-12(13)10-18-14(19)20-15(2,3)4/h11-13,17H,5-7,9-10H2,1-4H3,(H,18,19). The highest BCUT2D eigenvalue weighted by molar-refractivity contribution is 5.67. The van der Waals surface area contributed by atoms with Crippen molar-refractivity contribution in [3.05, 3.63) is 0 Å². The van der Waals surface area contributed by atoms with Crippen molar-refractivity contribution in [2.75, 3.05) is 13.1 Å². The second kappa shape index (κ2) is 7.49. The lowest BCUT2D eigenvalue weighted by Crippen LogP contribution is -2.42. The van der Waals surface area contributed by atoms with Crippen molar-refractivity contribution in [2.24, 2.45) is 11.8 Å². The number of amides is 1. The second-order valence-corrected chi connectivity index (χ2v) is 6.62. The van der Waals surface area contributed by atoms with Crippen LogP contribution in [0, 0.1) is 23.2 Å². The van der Waals surface area contributed by atoms with Crippen molar-refractivity contribution in [3.63, 3.8) is 0 Å². The molecule has 0 saturated heterocycles. The Morgan fingerprint density at radius 1 is 1.45 bits per heavy atom. The normalized spacial score (nSPS) is 23.9. The van der Waals surface area contributed by atoms with Crippen LogP contribution in [-0.2, 0) is 4.74 Å². The Kier molecular flexibility index (Phi) is 6.28. The van der Waals surface area contributed by atoms with Gasteiger partial charge in [-0.2, -0.15) is 5.26 Å². The minimum absolute atomic E-state index is 0.0232. The molecule has 0 spiro atoms. The molecule has 1 saturated carbocycles. The number of hydrogen-bond donors (Lipinski definition) is 2. The maximum Gasteiger partial charge on any atom is 0.407 e. The molecule has 5 heteroatoms. The predicted molar refractivity (Wildman–Crippen MR) is 78.1 cm³/mol. The van der Waals surface area contributed by atoms with Gasteiger partial charge in [-0.25, -0.2) is 4.79 Å². The summed E-state index contributed by atoms with van der Waals surface area (Å²) >= 11 is 0. The lowest BCUT2D eigenvalue weighted by atomic mass is 10.0. The number of nitriles is 1. The maximum absolute atomic E-state index is 11.6. The molecule has 0 aromatic rings. The molecule has 1 amide bonds. The molecule has 5 nitrogen and oxygen atoms in total. The summed E-state index contributed by atoms with van der Waals surface area (Å²) in [7, 11) is 0. The molecule has 3 atom stereocenters. The smallest absolute Gasteiger partial charge is 0.407 e. The van der Waals surface area contributed by atoms with Crippen molar-refractivity contribution in [3.8, 4) is 6.07 Å². The van der Waals surface area contributed by atoms with Crippen LogP contribution in [-0.4, -0.2) is 30.8 Å². The summed E-state index contributed by atoms with van der Waals surface area (Å²) in [5, 5.41) is 15.1. The Labute approximate surface area is 122 Å². The maximum atomic E-state index is 11.6. The van der Waals surface area contributed by atoms with Gasteiger partial charge in [-0.1, -0.05) is 6.42 Å². The van der Waals surface area contributed by atoms with Gasteiger partial charge in [0.2, 0.25) is 0 Å². The topological polar surface area (TPSA) is 74.2 Å². The van der Waals surface area contributed by atoms with E-state index >= 15 is 0 Å². The molecule has 1 aliphatic rings. The number of nitrogens with zero attached hydrogens (tertiary/aromatic N) is 1. The summed E-state index contributed by atoms with van der Waals surface area (Å²) in [6.45, 7) is 8.83. The minimum atomic E-state index is -0.459. The van der Waals surface area contributed by atoms with Crippen LogP contribution in [0.4, 0.5) is 4.79 Å². The first-order valence-corrected chi connectivity index (χ1v) is 7.41. The van der Waals surface area contributed by atoms with E-state index in [-0.39, 0.29) is 12.0 Å². The molecule has 0 aliphatic heterocycles. The SMILES string of the molecule is CC(C#N)CNC1CCCC1CNC(=O)OC(C)(C)C. The Morgan fingerprint density at radius 3 is 2.75 bits per heavy atom. The third kappa shape index (κ3) is 6.25. The monoisotopic (exact) mass is 281 g/mol. The molecule has 20 heavy (non-hydrogen) atoms. The van der Waals surface area contributed by atoms with Gasteiger partial charge in [0.05, 0.1) is 12.0 Å². The molecule has 0 aromatic carbocycles. The van der Waals surface area contributed by atoms with Crippen molar-refractivity contribution in [1.82, 2.24) is 10.6 Å². The average Bonchev–Trinajstić information content (AvgIpc) is 2.78. The first kappa shape index (κ1) is 16.8. The second-order valence-electron chi connectivity index (χ2n) is 6.62. The number of nitrogens with one attached hydrogen (secondary N) is 2. The Bertz CT molecular complexity index is 357. The van der Waals surface area contributed by atoms with Gasteiger partial charge in [-0.05, 0) is 46.5 Å². The van der Waals surface area contributed by atoms with Crippen LogP contribution in [0.15, 0.2) is 0 Å². The fraction of sp³-hybridized carbons (Fsp3) is 0.867. The van der Waals surface area contributed by atoms with Crippen LogP contribution in [0.2, 0.25) is 0 Å². The summed E-state index contributed by atoms with van der Waals surface area (Å²) in [4.78, 5) is 11.6. The number of ether oxygens (including phenoxy) is 1. The Hall–Kier alpha value is -1.28. The van der Waals surface area contributed by atoms with Gasteiger partial charge < -0.3 is 15.4 Å². The predicted octanol–water partition coefficient (Wildman–Crippen LogP) is 2.43. The van der Waals surface area contributed by atoms with Gasteiger partial charge in [0.1, 0.15) is 5.60 Å². The Morgan fingerprint density at radius 2 is 2.15 bits per heavy atom. The quantitative estimate of drug-likeness (QED) is 0.811. The molecule has 0 bridgehead atoms. The molecule has 3 unspecified atom stereocenters. The fourth-order valence-electron chi connectivity index (χ4n) is 2.45. The number of carbonyl (C=O) groups excluding carboxylic acids is 1. The molecular formula is C15H27N3O2. The molecule has 0 radical (unpaired) electrons. The average molecular weight is 281 g/mol. The third-order valence-electron chi connectivity index (χ3n) is 3.47. The zero-order chi connectivity index (χ0) is 15.2. The number of hydrogen-bond acceptors (Lipinski definition) is 4. The van der Waals surface area contributed by atoms with Crippen molar-refractivity contribution < 1.29 is 9.53 Å². The van der Waals surface area contributed by atoms with Gasteiger partial charge in [-0.15, -0.1) is 0 Å². The summed E-state index contributed by atoms with van der Waals surface area (Å²) in [5.74, 6) is 0.448. The molecule has 1 aliphatic carbocycles. The zero-order valence-corrected chi connectivity index (χ0v) is 13.0. The number of rotatable bonds is 5. The minimum Gasteiger partial charge on any atom is -0.444 e. The van der Waals surface area contributed by atoms with Crippen LogP contribution >= 0.6 is 0 Å². The van der Waals surface area contributed by atoms with Gasteiger partial charge in [-0.3, -0.25) is 0 Å². The summed E-state index contributed by atoms with van der Waals surface area (Å²) in [6.07, 6.45) is 3.03. The molecule has 1 fully saturated rings. The van der Waals surface area contributed by atoms with Gasteiger partial charge >= 0.3 is 6.09 Å². The number of carbonyl (C=O) groups is 1. The van der Waals surface area contributed by atoms with Gasteiger partial charge in [0, 0.05) is 19.1 Å². The fourth-order valence-corrected chi connectivity index (χ4v) is 2.45. The van der Waals surface area contributed by atoms with E-state index in [9.17, 15) is 4.79 Å². The number of alkyl carbamates (subject to hydrolysis) is 1. The summed E-state index contributed by atoms with van der Waals surface area (Å²) in [6, 6.07) is 2.62. The lowest BCUT2D eigenvalue weighted by molar-refractivity contribution is 0.0517. The highest BCUT2D eigenvalue weighted by atomic mass is 16.6. The molecule has 114 valence electrons. The van der Waals surface area contributed by atoms with Gasteiger partial charge in [0.25, 0.3) is 0 Å². The summed E-state index contributed by atoms with van der Waals surface area (Å²) in [5.41, 5.74) is -0.459. The van der Waals surface area contributed by atoms with E-state index in [1.165, 1.54) is 6.42 Å². The van der Waals surface area contributed by atoms with E-state index in [4.69, 9.17) is 10.00 Å². The van der Waals surface area contributed by atoms with Crippen molar-refractivity contribution in [1.29, 1.82) is 5.26 Å². The van der Waals surface area contributed by atoms with Crippen LogP contribution in [0.1, 0.15) is 47.0 Å². The largest absolute Gasteiger partial charge is 0.444 e. The van der Waals surface area contributed by atoms with Crippen LogP contribution in [0.3, 0.4) is 0 Å². The molecular weight excluding hydrogens is 254 g/mol. The summed E-state index contributed by atoms with van der Waals surface area (Å²) < 4.78 is 5.23. The van der Waals surface area contributed by atoms with Crippen molar-refractivity contribution >= 4 is 6.09 Å². The van der Waals surface area contributed by atoms with E-state index in [1.807, 2.05) is 27.7 Å². The first-order valence-electron chi connectivity index (χ1n) is 7.41. The van der Waals surface area contributed by atoms with E-state index in [1.54, 1.807) is 0 Å². The molecule has 1 rings (SSSR count). The van der Waals surface area contributed by atoms with Crippen LogP contribution in [0.25, 0.3) is 0 Å². The first-order chi connectivity index (χ1) is 9.31. The van der Waals surface area contributed by atoms with Gasteiger partial charge in [0.15, 0.2) is 0 Å². The van der Waals surface area contributed by atoms with E-state index in [0.717, 1.165) is 12.8 Å². The van der Waals surface area contributed by atoms with Crippen molar-refractivity contribution in [2.45, 2.75) is 58.6 Å². The van der Waals surface area contributed by atoms with Crippen LogP contribution in [0.5, 0.6) is 0 Å². The lowest BCUT2D eigenvalue weighted by Gasteiger charge is -2.24. The third-order valence-corrected chi connectivity index (χ3v) is 3.47. The molecule has 0 heterocycles. The van der Waals surface area contributed by atoms with E-state index in [0.29, 0.717) is 25.0 Å². The highest BCUT2D eigenvalue weighted by Crippen LogP contribution is 2.25. The highest BCUT2D eigenvalue weighted by Gasteiger charge is 2.28. The molecule has 2 N–H and O–H groups in total. The van der Waals surface area contributed by atoms with E-state index < -0.39 is 5.60 Å². The molecule has 0 aromatic heterocycles. The zero-order valence-electron chi connectivity index (χ0n) is 13.0. The van der Waals surface area contributed by atoms with Crippen LogP contribution < -0.4 is 10.6 Å². The van der Waals surface area contributed by atoms with E-state index in [2.05, 4.69) is 16.7 Å².